The van der Waals surface area contributed by atoms with Crippen molar-refractivity contribution in [3.8, 4) is 5.75 Å². The van der Waals surface area contributed by atoms with Gasteiger partial charge in [0.05, 0.1) is 13.2 Å². The Morgan fingerprint density at radius 2 is 2.11 bits per heavy atom. The summed E-state index contributed by atoms with van der Waals surface area (Å²) < 4.78 is 18.7. The molecule has 0 bridgehead atoms. The molecular weight excluding hydrogens is 267 g/mol. The highest BCUT2D eigenvalue weighted by Gasteiger charge is 2.22. The molecule has 106 valence electrons. The smallest absolute Gasteiger partial charge is 0.124 e. The second kappa shape index (κ2) is 7.48. The van der Waals surface area contributed by atoms with E-state index in [0.29, 0.717) is 5.75 Å². The summed E-state index contributed by atoms with van der Waals surface area (Å²) >= 11 is 0. The van der Waals surface area contributed by atoms with Crippen molar-refractivity contribution in [1.82, 2.24) is 10.2 Å². The molecule has 0 spiro atoms. The van der Waals surface area contributed by atoms with E-state index in [-0.39, 0.29) is 24.3 Å². The number of methoxy groups -OCH3 is 1. The third-order valence-corrected chi connectivity index (χ3v) is 3.28. The Morgan fingerprint density at radius 3 is 2.68 bits per heavy atom. The second-order valence-electron chi connectivity index (χ2n) is 4.35. The Hall–Kier alpha value is -1.10. The maximum atomic E-state index is 13.4. The lowest BCUT2D eigenvalue weighted by atomic mass is 10.0. The fraction of sp³-hybridized carbons (Fsp3) is 0.429. The van der Waals surface area contributed by atoms with E-state index in [9.17, 15) is 4.39 Å². The topological polar surface area (TPSA) is 24.5 Å². The van der Waals surface area contributed by atoms with E-state index in [1.165, 1.54) is 12.1 Å². The van der Waals surface area contributed by atoms with Crippen LogP contribution in [-0.4, -0.2) is 38.2 Å². The highest BCUT2D eigenvalue weighted by atomic mass is 35.5. The molecule has 0 aromatic heterocycles. The number of nitrogens with zero attached hydrogens (tertiary/aromatic N) is 1. The van der Waals surface area contributed by atoms with Gasteiger partial charge >= 0.3 is 0 Å². The van der Waals surface area contributed by atoms with Gasteiger partial charge in [0.2, 0.25) is 0 Å². The minimum atomic E-state index is -0.243. The van der Waals surface area contributed by atoms with E-state index < -0.39 is 0 Å². The number of nitrogens with one attached hydrogen (secondary N) is 1. The third kappa shape index (κ3) is 3.69. The van der Waals surface area contributed by atoms with Crippen molar-refractivity contribution >= 4 is 12.4 Å². The van der Waals surface area contributed by atoms with Crippen LogP contribution in [0, 0.1) is 5.82 Å². The van der Waals surface area contributed by atoms with Crippen molar-refractivity contribution in [3.05, 3.63) is 42.2 Å². The molecule has 1 fully saturated rings. The largest absolute Gasteiger partial charge is 0.496 e. The van der Waals surface area contributed by atoms with E-state index in [2.05, 4.69) is 16.8 Å². The first-order valence-electron chi connectivity index (χ1n) is 6.17. The number of piperazine rings is 1. The van der Waals surface area contributed by atoms with Gasteiger partial charge < -0.3 is 10.1 Å². The standard InChI is InChI=1S/C14H19FN2O.ClH/c1-3-13(17-8-6-16-7-9-17)12-10-11(15)4-5-14(12)18-2;/h3-5,10,13,16H,1,6-9H2,2H3;1H/t13-;/m1./s1. The van der Waals surface area contributed by atoms with E-state index in [1.54, 1.807) is 13.2 Å². The molecule has 0 saturated carbocycles. The number of ether oxygens (including phenoxy) is 1. The summed E-state index contributed by atoms with van der Waals surface area (Å²) in [6.45, 7) is 7.62. The maximum absolute atomic E-state index is 13.4. The quantitative estimate of drug-likeness (QED) is 0.860. The van der Waals surface area contributed by atoms with Gasteiger partial charge in [0.15, 0.2) is 0 Å². The Balaban J connectivity index is 0.00000180. The highest BCUT2D eigenvalue weighted by Crippen LogP contribution is 2.31. The molecule has 0 amide bonds. The van der Waals surface area contributed by atoms with Crippen LogP contribution < -0.4 is 10.1 Å². The van der Waals surface area contributed by atoms with E-state index in [1.807, 2.05) is 6.08 Å². The third-order valence-electron chi connectivity index (χ3n) is 3.28. The van der Waals surface area contributed by atoms with Crippen molar-refractivity contribution in [3.63, 3.8) is 0 Å². The van der Waals surface area contributed by atoms with Gasteiger partial charge in [-0.05, 0) is 18.2 Å². The number of hydrogen-bond donors (Lipinski definition) is 1. The molecule has 1 N–H and O–H groups in total. The lowest BCUT2D eigenvalue weighted by molar-refractivity contribution is 0.200. The zero-order valence-electron chi connectivity index (χ0n) is 11.1. The van der Waals surface area contributed by atoms with Crippen molar-refractivity contribution in [1.29, 1.82) is 0 Å². The van der Waals surface area contributed by atoms with Crippen molar-refractivity contribution in [2.75, 3.05) is 33.3 Å². The molecular formula is C14H20ClFN2O. The average Bonchev–Trinajstić information content (AvgIpc) is 2.41. The van der Waals surface area contributed by atoms with Crippen LogP contribution in [0.4, 0.5) is 4.39 Å². The summed E-state index contributed by atoms with van der Waals surface area (Å²) in [7, 11) is 1.61. The minimum absolute atomic E-state index is 0. The molecule has 0 unspecified atom stereocenters. The predicted octanol–water partition coefficient (Wildman–Crippen LogP) is 2.39. The van der Waals surface area contributed by atoms with Gasteiger partial charge in [-0.3, -0.25) is 4.90 Å². The van der Waals surface area contributed by atoms with Gasteiger partial charge in [0, 0.05) is 31.7 Å². The number of benzene rings is 1. The van der Waals surface area contributed by atoms with Gasteiger partial charge in [-0.1, -0.05) is 6.08 Å². The molecule has 1 saturated heterocycles. The Labute approximate surface area is 119 Å². The summed E-state index contributed by atoms with van der Waals surface area (Å²) in [6, 6.07) is 4.62. The lowest BCUT2D eigenvalue weighted by Gasteiger charge is -2.34. The van der Waals surface area contributed by atoms with E-state index in [0.717, 1.165) is 31.7 Å². The van der Waals surface area contributed by atoms with E-state index >= 15 is 0 Å². The van der Waals surface area contributed by atoms with Crippen molar-refractivity contribution in [2.24, 2.45) is 0 Å². The summed E-state index contributed by atoms with van der Waals surface area (Å²) in [5, 5.41) is 3.30. The predicted molar refractivity (Wildman–Crippen MR) is 77.6 cm³/mol. The molecule has 3 nitrogen and oxygen atoms in total. The van der Waals surface area contributed by atoms with E-state index in [4.69, 9.17) is 4.74 Å². The zero-order valence-corrected chi connectivity index (χ0v) is 11.9. The molecule has 1 aromatic rings. The zero-order chi connectivity index (χ0) is 13.0. The molecule has 0 radical (unpaired) electrons. The Morgan fingerprint density at radius 1 is 1.42 bits per heavy atom. The molecule has 2 rings (SSSR count). The van der Waals surface area contributed by atoms with Crippen LogP contribution in [0.2, 0.25) is 0 Å². The summed E-state index contributed by atoms with van der Waals surface area (Å²) in [6.07, 6.45) is 1.85. The van der Waals surface area contributed by atoms with Crippen molar-refractivity contribution in [2.45, 2.75) is 6.04 Å². The highest BCUT2D eigenvalue weighted by molar-refractivity contribution is 5.85. The van der Waals surface area contributed by atoms with Gasteiger partial charge in [-0.15, -0.1) is 19.0 Å². The Bertz CT molecular complexity index is 422. The number of rotatable bonds is 4. The van der Waals surface area contributed by atoms with Crippen LogP contribution >= 0.6 is 12.4 Å². The molecule has 5 heteroatoms. The molecule has 1 heterocycles. The maximum Gasteiger partial charge on any atom is 0.124 e. The summed E-state index contributed by atoms with van der Waals surface area (Å²) in [5.74, 6) is 0.465. The first-order chi connectivity index (χ1) is 8.76. The molecule has 1 aliphatic heterocycles. The van der Waals surface area contributed by atoms with Crippen LogP contribution in [0.25, 0.3) is 0 Å². The first-order valence-corrected chi connectivity index (χ1v) is 6.17. The Kier molecular flexibility index (Phi) is 6.28. The number of halogens is 2. The van der Waals surface area contributed by atoms with Gasteiger partial charge in [0.1, 0.15) is 11.6 Å². The summed E-state index contributed by atoms with van der Waals surface area (Å²) in [5.41, 5.74) is 0.842. The average molecular weight is 287 g/mol. The minimum Gasteiger partial charge on any atom is -0.496 e. The van der Waals surface area contributed by atoms with Crippen LogP contribution in [0.5, 0.6) is 5.75 Å². The fourth-order valence-corrected chi connectivity index (χ4v) is 2.37. The molecule has 1 atom stereocenters. The van der Waals surface area contributed by atoms with Crippen LogP contribution in [0.15, 0.2) is 30.9 Å². The lowest BCUT2D eigenvalue weighted by Crippen LogP contribution is -2.44. The molecule has 1 aromatic carbocycles. The van der Waals surface area contributed by atoms with Crippen LogP contribution in [0.1, 0.15) is 11.6 Å². The first kappa shape index (κ1) is 16.0. The van der Waals surface area contributed by atoms with Gasteiger partial charge in [-0.25, -0.2) is 4.39 Å². The summed E-state index contributed by atoms with van der Waals surface area (Å²) in [4.78, 5) is 2.28. The monoisotopic (exact) mass is 286 g/mol. The molecule has 19 heavy (non-hydrogen) atoms. The molecule has 1 aliphatic rings. The number of hydrogen-bond acceptors (Lipinski definition) is 3. The van der Waals surface area contributed by atoms with Crippen LogP contribution in [0.3, 0.4) is 0 Å². The second-order valence-corrected chi connectivity index (χ2v) is 4.35. The fourth-order valence-electron chi connectivity index (χ4n) is 2.37. The van der Waals surface area contributed by atoms with Gasteiger partial charge in [-0.2, -0.15) is 0 Å². The SMILES string of the molecule is C=C[C@H](c1cc(F)ccc1OC)N1CCNCC1.Cl. The normalized spacial score (nSPS) is 17.4. The van der Waals surface area contributed by atoms with Crippen molar-refractivity contribution < 1.29 is 9.13 Å². The van der Waals surface area contributed by atoms with Gasteiger partial charge in [0.25, 0.3) is 0 Å². The van der Waals surface area contributed by atoms with Crippen LogP contribution in [-0.2, 0) is 0 Å². The molecule has 0 aliphatic carbocycles.